The van der Waals surface area contributed by atoms with Gasteiger partial charge in [-0.2, -0.15) is 0 Å². The van der Waals surface area contributed by atoms with Crippen LogP contribution in [0.2, 0.25) is 0 Å². The third kappa shape index (κ3) is 17.5. The van der Waals surface area contributed by atoms with Crippen LogP contribution in [0.3, 0.4) is 0 Å². The van der Waals surface area contributed by atoms with Gasteiger partial charge in [-0.15, -0.1) is 0 Å². The van der Waals surface area contributed by atoms with E-state index >= 15 is 0 Å². The molecule has 0 saturated heterocycles. The predicted molar refractivity (Wildman–Crippen MR) is 222 cm³/mol. The van der Waals surface area contributed by atoms with Gasteiger partial charge in [-0.25, -0.2) is 0 Å². The number of hydrogen-bond donors (Lipinski definition) is 0. The molecule has 0 heteroatoms. The standard InChI is InChI=1S/C26H46.2C2H6.12CH4/c1-21(2,3)25(11,12)23(7,8)19-15-17-20(18-16-19)24(9,10)26(13,14)22(4,5)6;2*1-2;;;;;;;;;;;;/h15-18H,1-14H3;2*1-2H3;12*1H4. The van der Waals surface area contributed by atoms with Crippen molar-refractivity contribution in [3.8, 4) is 0 Å². The molecule has 0 aliphatic rings. The smallest absolute Gasteiger partial charge is 0.00474 e. The van der Waals surface area contributed by atoms with Crippen LogP contribution in [0.25, 0.3) is 0 Å². The van der Waals surface area contributed by atoms with E-state index in [-0.39, 0.29) is 122 Å². The SMILES string of the molecule is C.C.C.C.C.C.C.C.C.C.C.C.CC.CC.CC(C)(C)C(C)(C)C(C)(C)c1ccc(C(C)(C)C(C)(C)C(C)(C)C)cc1. The quantitative estimate of drug-likeness (QED) is 0.318. The molecule has 1 aromatic carbocycles. The van der Waals surface area contributed by atoms with Crippen LogP contribution in [0.1, 0.15) is 225 Å². The molecule has 0 saturated carbocycles. The third-order valence-corrected chi connectivity index (χ3v) is 9.20. The number of rotatable bonds is 4. The van der Waals surface area contributed by atoms with Crippen molar-refractivity contribution in [1.29, 1.82) is 0 Å². The average molecular weight is 611 g/mol. The maximum atomic E-state index is 2.41. The molecular formula is C42H106. The highest BCUT2D eigenvalue weighted by Gasteiger charge is 2.48. The first-order valence-electron chi connectivity index (χ1n) is 12.3. The Labute approximate surface area is 281 Å². The first-order chi connectivity index (χ1) is 13.2. The molecule has 274 valence electrons. The molecule has 0 fully saturated rings. The molecule has 0 spiro atoms. The van der Waals surface area contributed by atoms with Gasteiger partial charge in [-0.05, 0) is 43.6 Å². The van der Waals surface area contributed by atoms with Gasteiger partial charge >= 0.3 is 0 Å². The zero-order chi connectivity index (χ0) is 25.0. The number of hydrogen-bond acceptors (Lipinski definition) is 0. The minimum atomic E-state index is 0. The average Bonchev–Trinajstić information content (AvgIpc) is 2.63. The Morgan fingerprint density at radius 1 is 0.286 bits per heavy atom. The summed E-state index contributed by atoms with van der Waals surface area (Å²) in [6.07, 6.45) is 0. The lowest BCUT2D eigenvalue weighted by Crippen LogP contribution is -2.46. The molecule has 0 aliphatic heterocycles. The molecule has 0 amide bonds. The normalized spacial score (nSPS) is 9.76. The van der Waals surface area contributed by atoms with Crippen molar-refractivity contribution in [2.75, 3.05) is 0 Å². The second kappa shape index (κ2) is 30.3. The first-order valence-corrected chi connectivity index (χ1v) is 12.3. The Morgan fingerprint density at radius 2 is 0.405 bits per heavy atom. The lowest BCUT2D eigenvalue weighted by Gasteiger charge is -2.52. The van der Waals surface area contributed by atoms with Crippen molar-refractivity contribution in [2.24, 2.45) is 21.7 Å². The molecular weight excluding hydrogens is 504 g/mol. The zero-order valence-corrected chi connectivity index (χ0v) is 24.3. The van der Waals surface area contributed by atoms with Crippen molar-refractivity contribution in [3.05, 3.63) is 35.4 Å². The van der Waals surface area contributed by atoms with Gasteiger partial charge < -0.3 is 0 Å². The summed E-state index contributed by atoms with van der Waals surface area (Å²) in [5.41, 5.74) is 3.92. The molecule has 0 unspecified atom stereocenters. The maximum absolute atomic E-state index is 2.41. The Morgan fingerprint density at radius 3 is 0.500 bits per heavy atom. The number of benzene rings is 1. The fraction of sp³-hybridized carbons (Fsp3) is 0.857. The van der Waals surface area contributed by atoms with Gasteiger partial charge in [0.1, 0.15) is 0 Å². The minimum Gasteiger partial charge on any atom is -0.0776 e. The summed E-state index contributed by atoms with van der Waals surface area (Å²) in [6, 6.07) is 9.51. The Hall–Kier alpha value is -0.780. The highest BCUT2D eigenvalue weighted by molar-refractivity contribution is 5.35. The molecule has 0 N–H and O–H groups in total. The van der Waals surface area contributed by atoms with Crippen LogP contribution in [0.15, 0.2) is 24.3 Å². The summed E-state index contributed by atoms with van der Waals surface area (Å²) >= 11 is 0. The summed E-state index contributed by atoms with van der Waals surface area (Å²) in [5, 5.41) is 0. The highest BCUT2D eigenvalue weighted by atomic mass is 14.5. The van der Waals surface area contributed by atoms with Crippen molar-refractivity contribution >= 4 is 0 Å². The van der Waals surface area contributed by atoms with Gasteiger partial charge in [0.15, 0.2) is 0 Å². The molecule has 0 nitrogen and oxygen atoms in total. The monoisotopic (exact) mass is 611 g/mol. The second-order valence-electron chi connectivity index (χ2n) is 12.6. The second-order valence-corrected chi connectivity index (χ2v) is 12.6. The van der Waals surface area contributed by atoms with Crippen LogP contribution < -0.4 is 0 Å². The minimum absolute atomic E-state index is 0. The molecule has 0 bridgehead atoms. The van der Waals surface area contributed by atoms with Crippen LogP contribution in [-0.4, -0.2) is 0 Å². The molecule has 0 aliphatic carbocycles. The largest absolute Gasteiger partial charge is 0.0776 e. The van der Waals surface area contributed by atoms with E-state index in [1.807, 2.05) is 27.7 Å². The van der Waals surface area contributed by atoms with Crippen molar-refractivity contribution in [2.45, 2.75) is 225 Å². The molecule has 1 aromatic rings. The van der Waals surface area contributed by atoms with Crippen LogP contribution in [0.5, 0.6) is 0 Å². The lowest BCUT2D eigenvalue weighted by molar-refractivity contribution is 0.0436. The molecule has 0 aromatic heterocycles. The fourth-order valence-corrected chi connectivity index (χ4v) is 3.90. The summed E-state index contributed by atoms with van der Waals surface area (Å²) in [5.74, 6) is 0. The Kier molecular flexibility index (Phi) is 64.8. The zero-order valence-electron chi connectivity index (χ0n) is 24.3. The predicted octanol–water partition coefficient (Wildman–Crippen LogP) is 18.1. The molecule has 0 heterocycles. The maximum Gasteiger partial charge on any atom is -0.00474 e. The van der Waals surface area contributed by atoms with Gasteiger partial charge in [0, 0.05) is 0 Å². The molecule has 0 radical (unpaired) electrons. The molecule has 42 heavy (non-hydrogen) atoms. The Bertz CT molecular complexity index is 550. The van der Waals surface area contributed by atoms with E-state index < -0.39 is 0 Å². The lowest BCUT2D eigenvalue weighted by atomic mass is 9.52. The third-order valence-electron chi connectivity index (χ3n) is 9.20. The first kappa shape index (κ1) is 90.0. The van der Waals surface area contributed by atoms with E-state index in [0.717, 1.165) is 0 Å². The van der Waals surface area contributed by atoms with Gasteiger partial charge in [0.25, 0.3) is 0 Å². The summed E-state index contributed by atoms with van der Waals surface area (Å²) in [7, 11) is 0. The van der Waals surface area contributed by atoms with Crippen LogP contribution in [0.4, 0.5) is 0 Å². The van der Waals surface area contributed by atoms with Gasteiger partial charge in [-0.3, -0.25) is 0 Å². The van der Waals surface area contributed by atoms with Crippen LogP contribution in [-0.2, 0) is 10.8 Å². The fourth-order valence-electron chi connectivity index (χ4n) is 3.90. The van der Waals surface area contributed by atoms with E-state index in [2.05, 4.69) is 121 Å². The topological polar surface area (TPSA) is 0 Å². The van der Waals surface area contributed by atoms with Gasteiger partial charge in [-0.1, -0.05) is 238 Å². The van der Waals surface area contributed by atoms with Gasteiger partial charge in [0.05, 0.1) is 0 Å². The van der Waals surface area contributed by atoms with E-state index in [4.69, 9.17) is 0 Å². The van der Waals surface area contributed by atoms with Crippen molar-refractivity contribution in [3.63, 3.8) is 0 Å². The van der Waals surface area contributed by atoms with E-state index in [1.165, 1.54) is 11.1 Å². The highest BCUT2D eigenvalue weighted by Crippen LogP contribution is 2.54. The summed E-state index contributed by atoms with van der Waals surface area (Å²) in [4.78, 5) is 0. The summed E-state index contributed by atoms with van der Waals surface area (Å²) in [6.45, 7) is 41.4. The van der Waals surface area contributed by atoms with E-state index in [9.17, 15) is 0 Å². The van der Waals surface area contributed by atoms with E-state index in [0.29, 0.717) is 0 Å². The summed E-state index contributed by atoms with van der Waals surface area (Å²) < 4.78 is 0. The molecule has 1 rings (SSSR count). The van der Waals surface area contributed by atoms with Crippen molar-refractivity contribution < 1.29 is 0 Å². The van der Waals surface area contributed by atoms with Crippen LogP contribution in [0, 0.1) is 21.7 Å². The van der Waals surface area contributed by atoms with Crippen molar-refractivity contribution in [1.82, 2.24) is 0 Å². The van der Waals surface area contributed by atoms with Crippen LogP contribution >= 0.6 is 0 Å². The van der Waals surface area contributed by atoms with Gasteiger partial charge in [0.2, 0.25) is 0 Å². The Balaban J connectivity index is -0.0000000391. The molecule has 0 atom stereocenters. The van der Waals surface area contributed by atoms with E-state index in [1.54, 1.807) is 0 Å².